The Hall–Kier alpha value is -1.29. The Morgan fingerprint density at radius 3 is 3.00 bits per heavy atom. The number of hydrogen-bond donors (Lipinski definition) is 1. The highest BCUT2D eigenvalue weighted by molar-refractivity contribution is 7.12. The van der Waals surface area contributed by atoms with Gasteiger partial charge in [0.2, 0.25) is 0 Å². The molecule has 0 radical (unpaired) electrons. The molecule has 2 nitrogen and oxygen atoms in total. The number of nitrogens with zero attached hydrogens (tertiary/aromatic N) is 1. The van der Waals surface area contributed by atoms with Gasteiger partial charge in [0.15, 0.2) is 0 Å². The highest BCUT2D eigenvalue weighted by Gasteiger charge is 1.97. The van der Waals surface area contributed by atoms with E-state index < -0.39 is 0 Å². The number of nitrogens with one attached hydrogen (secondary N) is 1. The molecule has 13 heavy (non-hydrogen) atoms. The van der Waals surface area contributed by atoms with Gasteiger partial charge in [-0.1, -0.05) is 0 Å². The minimum atomic E-state index is 0.747. The lowest BCUT2D eigenvalue weighted by atomic mass is 10.4. The summed E-state index contributed by atoms with van der Waals surface area (Å²) in [6.07, 6.45) is 5.85. The van der Waals surface area contributed by atoms with E-state index in [2.05, 4.69) is 17.3 Å². The van der Waals surface area contributed by atoms with Crippen molar-refractivity contribution in [3.63, 3.8) is 0 Å². The molecule has 3 heteroatoms. The van der Waals surface area contributed by atoms with Gasteiger partial charge in [0.25, 0.3) is 0 Å². The monoisotopic (exact) mass is 190 g/mol. The van der Waals surface area contributed by atoms with E-state index in [4.69, 9.17) is 11.7 Å². The van der Waals surface area contributed by atoms with Gasteiger partial charge in [-0.25, -0.2) is 0 Å². The molecule has 1 rings (SSSR count). The molecule has 0 saturated heterocycles. The lowest BCUT2D eigenvalue weighted by molar-refractivity contribution is 0.709. The van der Waals surface area contributed by atoms with Gasteiger partial charge in [0.1, 0.15) is 10.9 Å². The average molecular weight is 190 g/mol. The van der Waals surface area contributed by atoms with E-state index in [1.807, 2.05) is 12.1 Å². The van der Waals surface area contributed by atoms with Crippen molar-refractivity contribution in [1.82, 2.24) is 5.32 Å². The molecule has 66 valence electrons. The van der Waals surface area contributed by atoms with Crippen LogP contribution in [-0.2, 0) is 6.54 Å². The number of terminal acetylenes is 1. The van der Waals surface area contributed by atoms with Crippen molar-refractivity contribution in [1.29, 1.82) is 5.26 Å². The first-order valence-electron chi connectivity index (χ1n) is 4.00. The van der Waals surface area contributed by atoms with Gasteiger partial charge in [-0.2, -0.15) is 5.26 Å². The molecule has 0 fully saturated rings. The quantitative estimate of drug-likeness (QED) is 0.580. The fourth-order valence-electron chi connectivity index (χ4n) is 0.905. The Balaban J connectivity index is 2.30. The molecule has 0 saturated carbocycles. The molecular formula is C10H10N2S. The van der Waals surface area contributed by atoms with Gasteiger partial charge in [-0.3, -0.25) is 0 Å². The standard InChI is InChI=1S/C10H10N2S/c1-2-3-6-12-8-10-5-4-9(7-11)13-10/h1,4-5,12H,3,6,8H2. The first kappa shape index (κ1) is 9.80. The molecule has 0 aliphatic rings. The molecule has 0 atom stereocenters. The van der Waals surface area contributed by atoms with E-state index >= 15 is 0 Å². The average Bonchev–Trinajstić information content (AvgIpc) is 2.60. The SMILES string of the molecule is C#CCCNCc1ccc(C#N)s1. The van der Waals surface area contributed by atoms with Crippen LogP contribution >= 0.6 is 11.3 Å². The van der Waals surface area contributed by atoms with Crippen LogP contribution in [0.1, 0.15) is 16.2 Å². The summed E-state index contributed by atoms with van der Waals surface area (Å²) in [6.45, 7) is 1.63. The van der Waals surface area contributed by atoms with Crippen molar-refractivity contribution in [3.05, 3.63) is 21.9 Å². The van der Waals surface area contributed by atoms with E-state index in [0.717, 1.165) is 24.4 Å². The van der Waals surface area contributed by atoms with Gasteiger partial charge < -0.3 is 5.32 Å². The van der Waals surface area contributed by atoms with Crippen LogP contribution in [0.5, 0.6) is 0 Å². The van der Waals surface area contributed by atoms with Crippen LogP contribution in [0.4, 0.5) is 0 Å². The smallest absolute Gasteiger partial charge is 0.110 e. The zero-order valence-corrected chi connectivity index (χ0v) is 8.03. The molecule has 0 aromatic carbocycles. The van der Waals surface area contributed by atoms with Gasteiger partial charge in [-0.05, 0) is 12.1 Å². The Kier molecular flexibility index (Phi) is 4.05. The summed E-state index contributed by atoms with van der Waals surface area (Å²) in [4.78, 5) is 1.93. The third-order valence-electron chi connectivity index (χ3n) is 1.52. The largest absolute Gasteiger partial charge is 0.311 e. The Morgan fingerprint density at radius 1 is 1.54 bits per heavy atom. The lowest BCUT2D eigenvalue weighted by Gasteiger charge is -1.97. The van der Waals surface area contributed by atoms with Crippen molar-refractivity contribution < 1.29 is 0 Å². The molecule has 0 aliphatic heterocycles. The Morgan fingerprint density at radius 2 is 2.38 bits per heavy atom. The van der Waals surface area contributed by atoms with Crippen molar-refractivity contribution >= 4 is 11.3 Å². The first-order valence-corrected chi connectivity index (χ1v) is 4.81. The van der Waals surface area contributed by atoms with Crippen LogP contribution < -0.4 is 5.32 Å². The van der Waals surface area contributed by atoms with Crippen LogP contribution in [0.2, 0.25) is 0 Å². The fraction of sp³-hybridized carbons (Fsp3) is 0.300. The van der Waals surface area contributed by atoms with Crippen LogP contribution in [0.3, 0.4) is 0 Å². The number of nitriles is 1. The summed E-state index contributed by atoms with van der Waals surface area (Å²) in [7, 11) is 0. The highest BCUT2D eigenvalue weighted by atomic mass is 32.1. The second-order valence-corrected chi connectivity index (χ2v) is 3.68. The summed E-state index contributed by atoms with van der Waals surface area (Å²) in [5.74, 6) is 2.56. The maximum Gasteiger partial charge on any atom is 0.110 e. The number of thiophene rings is 1. The van der Waals surface area contributed by atoms with E-state index in [-0.39, 0.29) is 0 Å². The molecule has 0 unspecified atom stereocenters. The molecule has 1 aromatic rings. The summed E-state index contributed by atoms with van der Waals surface area (Å²) in [5.41, 5.74) is 0. The molecule has 0 amide bonds. The van der Waals surface area contributed by atoms with Crippen LogP contribution in [0.25, 0.3) is 0 Å². The summed E-state index contributed by atoms with van der Waals surface area (Å²) >= 11 is 1.52. The minimum Gasteiger partial charge on any atom is -0.311 e. The second kappa shape index (κ2) is 5.37. The van der Waals surface area contributed by atoms with Gasteiger partial charge >= 0.3 is 0 Å². The van der Waals surface area contributed by atoms with Crippen molar-refractivity contribution in [2.75, 3.05) is 6.54 Å². The summed E-state index contributed by atoms with van der Waals surface area (Å²) < 4.78 is 0. The Labute approximate surface area is 82.2 Å². The molecule has 0 aliphatic carbocycles. The zero-order chi connectivity index (χ0) is 9.52. The summed E-state index contributed by atoms with van der Waals surface area (Å²) in [6, 6.07) is 5.91. The molecule has 0 spiro atoms. The number of hydrogen-bond acceptors (Lipinski definition) is 3. The molecule has 1 N–H and O–H groups in total. The summed E-state index contributed by atoms with van der Waals surface area (Å²) in [5, 5.41) is 11.8. The van der Waals surface area contributed by atoms with Gasteiger partial charge in [0, 0.05) is 24.4 Å². The second-order valence-electron chi connectivity index (χ2n) is 2.51. The molecule has 0 bridgehead atoms. The topological polar surface area (TPSA) is 35.8 Å². The Bertz CT molecular complexity index is 341. The predicted molar refractivity (Wildman–Crippen MR) is 54.2 cm³/mol. The third kappa shape index (κ3) is 3.29. The van der Waals surface area contributed by atoms with Gasteiger partial charge in [-0.15, -0.1) is 23.7 Å². The fourth-order valence-corrected chi connectivity index (χ4v) is 1.68. The first-order chi connectivity index (χ1) is 6.36. The predicted octanol–water partition coefficient (Wildman–Crippen LogP) is 1.73. The van der Waals surface area contributed by atoms with E-state index in [1.54, 1.807) is 0 Å². The van der Waals surface area contributed by atoms with Crippen LogP contribution in [0.15, 0.2) is 12.1 Å². The number of rotatable bonds is 4. The van der Waals surface area contributed by atoms with Crippen molar-refractivity contribution in [2.45, 2.75) is 13.0 Å². The van der Waals surface area contributed by atoms with Gasteiger partial charge in [0.05, 0.1) is 0 Å². The molecule has 1 heterocycles. The van der Waals surface area contributed by atoms with E-state index in [0.29, 0.717) is 0 Å². The van der Waals surface area contributed by atoms with Crippen LogP contribution in [-0.4, -0.2) is 6.54 Å². The van der Waals surface area contributed by atoms with Crippen molar-refractivity contribution in [3.8, 4) is 18.4 Å². The zero-order valence-electron chi connectivity index (χ0n) is 7.21. The van der Waals surface area contributed by atoms with Crippen molar-refractivity contribution in [2.24, 2.45) is 0 Å². The third-order valence-corrected chi connectivity index (χ3v) is 2.51. The maximum absolute atomic E-state index is 8.57. The molecule has 1 aromatic heterocycles. The minimum absolute atomic E-state index is 0.747. The van der Waals surface area contributed by atoms with Crippen LogP contribution in [0, 0.1) is 23.7 Å². The van der Waals surface area contributed by atoms with E-state index in [1.165, 1.54) is 16.2 Å². The highest BCUT2D eigenvalue weighted by Crippen LogP contribution is 2.14. The normalized spacial score (nSPS) is 9.08. The lowest BCUT2D eigenvalue weighted by Crippen LogP contribution is -2.12. The van der Waals surface area contributed by atoms with E-state index in [9.17, 15) is 0 Å². The molecular weight excluding hydrogens is 180 g/mol. The maximum atomic E-state index is 8.57.